The summed E-state index contributed by atoms with van der Waals surface area (Å²) in [4.78, 5) is 25.8. The summed E-state index contributed by atoms with van der Waals surface area (Å²) in [5, 5.41) is 1.31. The van der Waals surface area contributed by atoms with Crippen molar-refractivity contribution in [2.24, 2.45) is 0 Å². The van der Waals surface area contributed by atoms with E-state index in [4.69, 9.17) is 25.5 Å². The Hall–Kier alpha value is -3.51. The third-order valence-corrected chi connectivity index (χ3v) is 5.36. The summed E-state index contributed by atoms with van der Waals surface area (Å²) in [6.07, 6.45) is 1.53. The van der Waals surface area contributed by atoms with Crippen molar-refractivity contribution < 1.29 is 23.5 Å². The van der Waals surface area contributed by atoms with Gasteiger partial charge in [0.2, 0.25) is 0 Å². The molecule has 2 aromatic heterocycles. The molecule has 0 saturated heterocycles. The molecule has 2 heterocycles. The van der Waals surface area contributed by atoms with Gasteiger partial charge in [0.25, 0.3) is 5.91 Å². The number of rotatable bonds is 6. The van der Waals surface area contributed by atoms with E-state index in [0.717, 1.165) is 5.39 Å². The van der Waals surface area contributed by atoms with Gasteiger partial charge in [-0.05, 0) is 67.1 Å². The number of halogens is 1. The van der Waals surface area contributed by atoms with Gasteiger partial charge in [-0.15, -0.1) is 0 Å². The standard InChI is InChI=1S/C24H20ClNO5/c1-15-20(13-23(27)31-14-19-4-3-11-30-19)21-12-18(29-2)9-10-22(21)26(15)24(28)16-5-7-17(25)8-6-16/h3-12H,13-14H2,1-2H3. The summed E-state index contributed by atoms with van der Waals surface area (Å²) in [6, 6.07) is 15.6. The molecule has 0 fully saturated rings. The van der Waals surface area contributed by atoms with Crippen LogP contribution in [-0.4, -0.2) is 23.6 Å². The Kier molecular flexibility index (Phi) is 5.82. The Bertz CT molecular complexity index is 1240. The van der Waals surface area contributed by atoms with Crippen molar-refractivity contribution in [1.82, 2.24) is 4.57 Å². The number of carbonyl (C=O) groups is 2. The van der Waals surface area contributed by atoms with Gasteiger partial charge < -0.3 is 13.9 Å². The van der Waals surface area contributed by atoms with E-state index in [0.29, 0.717) is 38.9 Å². The number of esters is 1. The number of carbonyl (C=O) groups excluding carboxylic acids is 2. The summed E-state index contributed by atoms with van der Waals surface area (Å²) < 4.78 is 17.5. The van der Waals surface area contributed by atoms with E-state index in [1.54, 1.807) is 54.1 Å². The SMILES string of the molecule is COc1ccc2c(c1)c(CC(=O)OCc1ccco1)c(C)n2C(=O)c1ccc(Cl)cc1. The fraction of sp³-hybridized carbons (Fsp3) is 0.167. The molecule has 0 aliphatic heterocycles. The van der Waals surface area contributed by atoms with Gasteiger partial charge in [0.1, 0.15) is 18.1 Å². The molecule has 2 aromatic carbocycles. The Morgan fingerprint density at radius 2 is 1.87 bits per heavy atom. The van der Waals surface area contributed by atoms with E-state index >= 15 is 0 Å². The molecule has 0 amide bonds. The molecule has 4 rings (SSSR count). The first-order valence-corrected chi connectivity index (χ1v) is 10.0. The van der Waals surface area contributed by atoms with Gasteiger partial charge in [-0.3, -0.25) is 14.2 Å². The van der Waals surface area contributed by atoms with Crippen LogP contribution in [-0.2, 0) is 22.6 Å². The molecule has 7 heteroatoms. The molecule has 4 aromatic rings. The third kappa shape index (κ3) is 4.20. The third-order valence-electron chi connectivity index (χ3n) is 5.11. The van der Waals surface area contributed by atoms with Gasteiger partial charge in [0.15, 0.2) is 0 Å². The highest BCUT2D eigenvalue weighted by Gasteiger charge is 2.22. The highest BCUT2D eigenvalue weighted by Crippen LogP contribution is 2.31. The lowest BCUT2D eigenvalue weighted by Crippen LogP contribution is -2.14. The predicted molar refractivity (Wildman–Crippen MR) is 117 cm³/mol. The first-order valence-electron chi connectivity index (χ1n) is 9.64. The normalized spacial score (nSPS) is 10.9. The lowest BCUT2D eigenvalue weighted by molar-refractivity contribution is -0.144. The predicted octanol–water partition coefficient (Wildman–Crippen LogP) is 5.18. The smallest absolute Gasteiger partial charge is 0.310 e. The number of fused-ring (bicyclic) bond motifs is 1. The summed E-state index contributed by atoms with van der Waals surface area (Å²) in [7, 11) is 1.57. The minimum Gasteiger partial charge on any atom is -0.497 e. The van der Waals surface area contributed by atoms with Crippen molar-refractivity contribution in [3.05, 3.63) is 88.5 Å². The fourth-order valence-electron chi connectivity index (χ4n) is 3.54. The topological polar surface area (TPSA) is 70.7 Å². The zero-order valence-corrected chi connectivity index (χ0v) is 17.8. The molecule has 0 saturated carbocycles. The van der Waals surface area contributed by atoms with Crippen LogP contribution in [0.3, 0.4) is 0 Å². The van der Waals surface area contributed by atoms with Crippen molar-refractivity contribution >= 4 is 34.4 Å². The molecule has 0 N–H and O–H groups in total. The lowest BCUT2D eigenvalue weighted by atomic mass is 10.1. The van der Waals surface area contributed by atoms with Crippen LogP contribution in [0.2, 0.25) is 5.02 Å². The number of methoxy groups -OCH3 is 1. The van der Waals surface area contributed by atoms with Gasteiger partial charge in [0, 0.05) is 21.7 Å². The van der Waals surface area contributed by atoms with Crippen LogP contribution in [0.1, 0.15) is 27.4 Å². The minimum absolute atomic E-state index is 0.0110. The maximum atomic E-state index is 13.3. The molecule has 0 spiro atoms. The molecule has 6 nitrogen and oxygen atoms in total. The summed E-state index contributed by atoms with van der Waals surface area (Å²) in [5.41, 5.74) is 2.55. The fourth-order valence-corrected chi connectivity index (χ4v) is 3.66. The van der Waals surface area contributed by atoms with E-state index < -0.39 is 5.97 Å². The zero-order chi connectivity index (χ0) is 22.0. The molecule has 0 aliphatic rings. The largest absolute Gasteiger partial charge is 0.497 e. The van der Waals surface area contributed by atoms with Crippen molar-refractivity contribution in [3.8, 4) is 5.75 Å². The van der Waals surface area contributed by atoms with Crippen LogP contribution in [0.25, 0.3) is 10.9 Å². The van der Waals surface area contributed by atoms with Gasteiger partial charge in [-0.25, -0.2) is 0 Å². The average Bonchev–Trinajstić information content (AvgIpc) is 3.39. The second kappa shape index (κ2) is 8.70. The lowest BCUT2D eigenvalue weighted by Gasteiger charge is -2.08. The second-order valence-electron chi connectivity index (χ2n) is 7.01. The zero-order valence-electron chi connectivity index (χ0n) is 17.1. The summed E-state index contributed by atoms with van der Waals surface area (Å²) >= 11 is 5.96. The van der Waals surface area contributed by atoms with Gasteiger partial charge in [-0.1, -0.05) is 11.6 Å². The maximum Gasteiger partial charge on any atom is 0.310 e. The molecule has 31 heavy (non-hydrogen) atoms. The van der Waals surface area contributed by atoms with Gasteiger partial charge in [-0.2, -0.15) is 0 Å². The van der Waals surface area contributed by atoms with Crippen LogP contribution in [0, 0.1) is 6.92 Å². The molecule has 158 valence electrons. The Balaban J connectivity index is 1.72. The number of nitrogens with zero attached hydrogens (tertiary/aromatic N) is 1. The molecule has 0 aliphatic carbocycles. The van der Waals surface area contributed by atoms with E-state index in [-0.39, 0.29) is 18.9 Å². The molecular weight excluding hydrogens is 418 g/mol. The monoisotopic (exact) mass is 437 g/mol. The minimum atomic E-state index is -0.416. The number of hydrogen-bond acceptors (Lipinski definition) is 5. The van der Waals surface area contributed by atoms with Crippen LogP contribution in [0.5, 0.6) is 5.75 Å². The van der Waals surface area contributed by atoms with E-state index in [1.807, 2.05) is 19.1 Å². The molecule has 0 radical (unpaired) electrons. The Morgan fingerprint density at radius 3 is 2.55 bits per heavy atom. The first-order chi connectivity index (χ1) is 15.0. The molecular formula is C24H20ClNO5. The summed E-state index contributed by atoms with van der Waals surface area (Å²) in [6.45, 7) is 1.87. The molecule has 0 unspecified atom stereocenters. The average molecular weight is 438 g/mol. The van der Waals surface area contributed by atoms with Crippen molar-refractivity contribution in [1.29, 1.82) is 0 Å². The number of aromatic nitrogens is 1. The first kappa shape index (κ1) is 20.8. The number of benzene rings is 2. The number of ether oxygens (including phenoxy) is 2. The van der Waals surface area contributed by atoms with Crippen molar-refractivity contribution in [2.75, 3.05) is 7.11 Å². The van der Waals surface area contributed by atoms with Gasteiger partial charge >= 0.3 is 5.97 Å². The van der Waals surface area contributed by atoms with E-state index in [2.05, 4.69) is 0 Å². The quantitative estimate of drug-likeness (QED) is 0.389. The number of furan rings is 1. The van der Waals surface area contributed by atoms with Crippen LogP contribution in [0.4, 0.5) is 0 Å². The van der Waals surface area contributed by atoms with E-state index in [9.17, 15) is 9.59 Å². The second-order valence-corrected chi connectivity index (χ2v) is 7.45. The maximum absolute atomic E-state index is 13.3. The Labute approximate surface area is 183 Å². The van der Waals surface area contributed by atoms with Crippen LogP contribution >= 0.6 is 11.6 Å². The van der Waals surface area contributed by atoms with Crippen LogP contribution in [0.15, 0.2) is 65.3 Å². The summed E-state index contributed by atoms with van der Waals surface area (Å²) in [5.74, 6) is 0.570. The molecule has 0 bridgehead atoms. The Morgan fingerprint density at radius 1 is 1.10 bits per heavy atom. The highest BCUT2D eigenvalue weighted by molar-refractivity contribution is 6.30. The van der Waals surface area contributed by atoms with Crippen molar-refractivity contribution in [2.45, 2.75) is 20.0 Å². The van der Waals surface area contributed by atoms with Crippen LogP contribution < -0.4 is 4.74 Å². The molecule has 0 atom stereocenters. The number of hydrogen-bond donors (Lipinski definition) is 0. The van der Waals surface area contributed by atoms with Gasteiger partial charge in [0.05, 0.1) is 25.3 Å². The highest BCUT2D eigenvalue weighted by atomic mass is 35.5. The van der Waals surface area contributed by atoms with Crippen molar-refractivity contribution in [3.63, 3.8) is 0 Å². The van der Waals surface area contributed by atoms with E-state index in [1.165, 1.54) is 6.26 Å².